The van der Waals surface area contributed by atoms with E-state index in [2.05, 4.69) is 19.9 Å². The van der Waals surface area contributed by atoms with E-state index < -0.39 is 0 Å². The molecular formula is C10H6FN3O2. The Hall–Kier alpha value is -2.33. The average molecular weight is 219 g/mol. The fraction of sp³-hybridized carbons (Fsp3) is 0.100. The van der Waals surface area contributed by atoms with Gasteiger partial charge in [-0.2, -0.15) is 0 Å². The number of halogens is 1. The Morgan fingerprint density at radius 3 is 2.94 bits per heavy atom. The Morgan fingerprint density at radius 1 is 1.44 bits per heavy atom. The number of rotatable bonds is 2. The molecule has 16 heavy (non-hydrogen) atoms. The van der Waals surface area contributed by atoms with Crippen LogP contribution >= 0.6 is 0 Å². The zero-order chi connectivity index (χ0) is 11.5. The van der Waals surface area contributed by atoms with Gasteiger partial charge in [-0.1, -0.05) is 0 Å². The number of benzene rings is 1. The van der Waals surface area contributed by atoms with Crippen molar-refractivity contribution in [1.29, 1.82) is 0 Å². The molecule has 0 fully saturated rings. The molecule has 0 aliphatic carbocycles. The highest BCUT2D eigenvalue weighted by molar-refractivity contribution is 5.70. The van der Waals surface area contributed by atoms with Crippen molar-refractivity contribution in [2.75, 3.05) is 0 Å². The van der Waals surface area contributed by atoms with Gasteiger partial charge in [0.15, 0.2) is 5.69 Å². The molecule has 80 valence electrons. The van der Waals surface area contributed by atoms with Crippen molar-refractivity contribution >= 4 is 11.9 Å². The first-order valence-corrected chi connectivity index (χ1v) is 4.39. The maximum absolute atomic E-state index is 13.0. The first kappa shape index (κ1) is 10.2. The minimum atomic E-state index is -0.319. The second-order valence-electron chi connectivity index (χ2n) is 3.10. The largest absolute Gasteiger partial charge is 0.242 e. The highest BCUT2D eigenvalue weighted by atomic mass is 19.1. The molecule has 0 unspecified atom stereocenters. The van der Waals surface area contributed by atoms with Crippen LogP contribution in [0.1, 0.15) is 5.56 Å². The predicted octanol–water partition coefficient (Wildman–Crippen LogP) is 2.15. The molecule has 2 aromatic rings. The summed E-state index contributed by atoms with van der Waals surface area (Å²) in [6.07, 6.45) is 1.34. The van der Waals surface area contributed by atoms with Gasteiger partial charge in [0.1, 0.15) is 5.82 Å². The second kappa shape index (κ2) is 4.04. The van der Waals surface area contributed by atoms with E-state index in [4.69, 9.17) is 0 Å². The number of aryl methyl sites for hydroxylation is 1. The van der Waals surface area contributed by atoms with Crippen LogP contribution in [0, 0.1) is 12.7 Å². The van der Waals surface area contributed by atoms with E-state index in [0.29, 0.717) is 11.1 Å². The quantitative estimate of drug-likeness (QED) is 0.573. The Labute approximate surface area is 89.6 Å². The first-order chi connectivity index (χ1) is 7.72. The van der Waals surface area contributed by atoms with Gasteiger partial charge >= 0.3 is 0 Å². The van der Waals surface area contributed by atoms with Crippen molar-refractivity contribution < 1.29 is 13.8 Å². The van der Waals surface area contributed by atoms with Crippen LogP contribution in [-0.2, 0) is 4.79 Å². The number of aliphatic imine (C=N–C) groups is 1. The predicted molar refractivity (Wildman–Crippen MR) is 52.2 cm³/mol. The SMILES string of the molecule is Cc1cc(-c2nonc2N=C=O)ccc1F. The standard InChI is InChI=1S/C10H6FN3O2/c1-6-4-7(2-3-8(6)11)9-10(12-5-15)14-16-13-9/h2-4H,1H3. The molecule has 0 atom stereocenters. The van der Waals surface area contributed by atoms with Gasteiger partial charge in [-0.3, -0.25) is 0 Å². The number of aromatic nitrogens is 2. The van der Waals surface area contributed by atoms with Crippen LogP contribution in [0.4, 0.5) is 10.2 Å². The van der Waals surface area contributed by atoms with Crippen molar-refractivity contribution in [2.24, 2.45) is 4.99 Å². The molecule has 0 N–H and O–H groups in total. The highest BCUT2D eigenvalue weighted by Gasteiger charge is 2.12. The van der Waals surface area contributed by atoms with Crippen LogP contribution < -0.4 is 0 Å². The molecule has 1 aromatic heterocycles. The van der Waals surface area contributed by atoms with Crippen molar-refractivity contribution in [3.05, 3.63) is 29.6 Å². The summed E-state index contributed by atoms with van der Waals surface area (Å²) in [5.41, 5.74) is 1.32. The van der Waals surface area contributed by atoms with E-state index in [1.54, 1.807) is 13.0 Å². The zero-order valence-electron chi connectivity index (χ0n) is 8.27. The summed E-state index contributed by atoms with van der Waals surface area (Å²) in [6, 6.07) is 4.37. The van der Waals surface area contributed by atoms with E-state index in [-0.39, 0.29) is 17.3 Å². The van der Waals surface area contributed by atoms with E-state index >= 15 is 0 Å². The zero-order valence-corrected chi connectivity index (χ0v) is 8.27. The highest BCUT2D eigenvalue weighted by Crippen LogP contribution is 2.27. The number of hydrogen-bond donors (Lipinski definition) is 0. The third kappa shape index (κ3) is 1.74. The molecule has 0 amide bonds. The average Bonchev–Trinajstić information content (AvgIpc) is 2.71. The van der Waals surface area contributed by atoms with Gasteiger partial charge in [-0.05, 0) is 41.0 Å². The molecule has 1 aromatic carbocycles. The second-order valence-corrected chi connectivity index (χ2v) is 3.10. The summed E-state index contributed by atoms with van der Waals surface area (Å²) >= 11 is 0. The van der Waals surface area contributed by atoms with Crippen LogP contribution in [0.15, 0.2) is 27.8 Å². The van der Waals surface area contributed by atoms with Crippen LogP contribution in [0.5, 0.6) is 0 Å². The van der Waals surface area contributed by atoms with Gasteiger partial charge in [0.25, 0.3) is 0 Å². The summed E-state index contributed by atoms with van der Waals surface area (Å²) in [7, 11) is 0. The molecule has 0 saturated carbocycles. The Balaban J connectivity index is 2.54. The van der Waals surface area contributed by atoms with E-state index in [1.165, 1.54) is 18.2 Å². The summed E-state index contributed by atoms with van der Waals surface area (Å²) in [5.74, 6) is -0.290. The Bertz CT molecular complexity index is 573. The smallest absolute Gasteiger partial charge is 0.242 e. The summed E-state index contributed by atoms with van der Waals surface area (Å²) in [5, 5.41) is 7.02. The molecule has 6 heteroatoms. The lowest BCUT2D eigenvalue weighted by atomic mass is 10.1. The van der Waals surface area contributed by atoms with Gasteiger partial charge in [0.2, 0.25) is 11.9 Å². The molecule has 0 aliphatic rings. The van der Waals surface area contributed by atoms with Gasteiger partial charge in [-0.15, -0.1) is 4.99 Å². The van der Waals surface area contributed by atoms with Crippen molar-refractivity contribution in [2.45, 2.75) is 6.92 Å². The first-order valence-electron chi connectivity index (χ1n) is 4.39. The number of carbonyl (C=O) groups excluding carboxylic acids is 1. The minimum Gasteiger partial charge on any atom is -0.242 e. The Morgan fingerprint density at radius 2 is 2.25 bits per heavy atom. The Kier molecular flexibility index (Phi) is 2.57. The molecule has 0 aliphatic heterocycles. The molecule has 0 saturated heterocycles. The number of nitrogens with zero attached hydrogens (tertiary/aromatic N) is 3. The third-order valence-electron chi connectivity index (χ3n) is 2.05. The topological polar surface area (TPSA) is 68.3 Å². The van der Waals surface area contributed by atoms with E-state index in [0.717, 1.165) is 0 Å². The summed E-state index contributed by atoms with van der Waals surface area (Å²) in [6.45, 7) is 1.62. The van der Waals surface area contributed by atoms with Gasteiger partial charge in [0.05, 0.1) is 0 Å². The van der Waals surface area contributed by atoms with Crippen LogP contribution in [0.3, 0.4) is 0 Å². The lowest BCUT2D eigenvalue weighted by molar-refractivity contribution is 0.309. The number of hydrogen-bond acceptors (Lipinski definition) is 5. The van der Waals surface area contributed by atoms with Crippen LogP contribution in [0.2, 0.25) is 0 Å². The fourth-order valence-electron chi connectivity index (χ4n) is 1.27. The molecule has 0 bridgehead atoms. The van der Waals surface area contributed by atoms with Gasteiger partial charge in [-0.25, -0.2) is 13.8 Å². The van der Waals surface area contributed by atoms with Crippen LogP contribution in [0.25, 0.3) is 11.3 Å². The van der Waals surface area contributed by atoms with Crippen molar-refractivity contribution in [3.63, 3.8) is 0 Å². The van der Waals surface area contributed by atoms with Crippen molar-refractivity contribution in [1.82, 2.24) is 10.3 Å². The maximum atomic E-state index is 13.0. The van der Waals surface area contributed by atoms with Gasteiger partial charge < -0.3 is 0 Å². The van der Waals surface area contributed by atoms with Crippen LogP contribution in [-0.4, -0.2) is 16.4 Å². The van der Waals surface area contributed by atoms with E-state index in [1.807, 2.05) is 0 Å². The monoisotopic (exact) mass is 219 g/mol. The maximum Gasteiger partial charge on any atom is 0.242 e. The molecule has 0 spiro atoms. The summed E-state index contributed by atoms with van der Waals surface area (Å²) in [4.78, 5) is 13.4. The lowest BCUT2D eigenvalue weighted by Crippen LogP contribution is -1.84. The molecular weight excluding hydrogens is 213 g/mol. The van der Waals surface area contributed by atoms with Crippen molar-refractivity contribution in [3.8, 4) is 11.3 Å². The molecule has 5 nitrogen and oxygen atoms in total. The van der Waals surface area contributed by atoms with E-state index in [9.17, 15) is 9.18 Å². The molecule has 1 heterocycles. The normalized spacial score (nSPS) is 9.88. The number of isocyanates is 1. The lowest BCUT2D eigenvalue weighted by Gasteiger charge is -1.99. The van der Waals surface area contributed by atoms with Gasteiger partial charge in [0, 0.05) is 5.56 Å². The molecule has 0 radical (unpaired) electrons. The third-order valence-corrected chi connectivity index (χ3v) is 2.05. The minimum absolute atomic E-state index is 0.0287. The summed E-state index contributed by atoms with van der Waals surface area (Å²) < 4.78 is 17.5. The fourth-order valence-corrected chi connectivity index (χ4v) is 1.27. The molecule has 2 rings (SSSR count).